The Kier molecular flexibility index (Phi) is 6.47. The van der Waals surface area contributed by atoms with Gasteiger partial charge in [-0.05, 0) is 114 Å². The zero-order chi connectivity index (χ0) is 43.9. The van der Waals surface area contributed by atoms with Gasteiger partial charge in [-0.25, -0.2) is 0 Å². The quantitative estimate of drug-likeness (QED) is 0.144. The number of aromatic nitrogens is 2. The molecular weight excluding hydrogens is 821 g/mol. The van der Waals surface area contributed by atoms with E-state index in [4.69, 9.17) is 0 Å². The fourth-order valence-corrected chi connectivity index (χ4v) is 13.3. The molecule has 2 aliphatic carbocycles. The fraction of sp³-hybridized carbons (Fsp3) is 0. The predicted molar refractivity (Wildman–Crippen MR) is 286 cm³/mol. The molecule has 11 aromatic carbocycles. The van der Waals surface area contributed by atoms with Gasteiger partial charge in [0.2, 0.25) is 0 Å². The Bertz CT molecular complexity index is 4430. The van der Waals surface area contributed by atoms with Crippen molar-refractivity contribution in [3.63, 3.8) is 0 Å². The largest absolute Gasteiger partial charge is 0.308 e. The highest BCUT2D eigenvalue weighted by atomic mass is 14.9. The third kappa shape index (κ3) is 4.18. The lowest BCUT2D eigenvalue weighted by Crippen LogP contribution is -1.97. The van der Waals surface area contributed by atoms with Gasteiger partial charge in [0.15, 0.2) is 0 Å². The second-order valence-electron chi connectivity index (χ2n) is 19.0. The van der Waals surface area contributed by atoms with Crippen LogP contribution in [0.25, 0.3) is 165 Å². The minimum atomic E-state index is 1.23. The van der Waals surface area contributed by atoms with Crippen LogP contribution in [0.4, 0.5) is 0 Å². The highest BCUT2D eigenvalue weighted by molar-refractivity contribution is 6.35. The van der Waals surface area contributed by atoms with Gasteiger partial charge in [-0.3, -0.25) is 0 Å². The zero-order valence-electron chi connectivity index (χ0n) is 36.7. The lowest BCUT2D eigenvalue weighted by molar-refractivity contribution is 1.35. The van der Waals surface area contributed by atoms with Crippen LogP contribution in [0.15, 0.2) is 218 Å². The molecule has 0 unspecified atom stereocenters. The van der Waals surface area contributed by atoms with Crippen LogP contribution in [-0.2, 0) is 0 Å². The Hall–Kier alpha value is -8.98. The molecule has 0 atom stereocenters. The van der Waals surface area contributed by atoms with Gasteiger partial charge < -0.3 is 8.80 Å². The van der Waals surface area contributed by atoms with Crippen LogP contribution in [0.5, 0.6) is 0 Å². The van der Waals surface area contributed by atoms with Crippen LogP contribution in [0, 0.1) is 0 Å². The van der Waals surface area contributed by atoms with Crippen molar-refractivity contribution in [3.05, 3.63) is 218 Å². The molecule has 0 amide bonds. The van der Waals surface area contributed by atoms with E-state index >= 15 is 0 Å². The van der Waals surface area contributed by atoms with E-state index in [1.165, 1.54) is 165 Å². The van der Waals surface area contributed by atoms with Crippen LogP contribution in [-0.4, -0.2) is 8.80 Å². The van der Waals surface area contributed by atoms with E-state index in [-0.39, 0.29) is 0 Å². The number of rotatable bonds is 0. The average Bonchev–Trinajstić information content (AvgIpc) is 4.12. The summed E-state index contributed by atoms with van der Waals surface area (Å²) < 4.78 is 5.18. The highest BCUT2D eigenvalue weighted by Crippen LogP contribution is 2.57. The van der Waals surface area contributed by atoms with Crippen molar-refractivity contribution in [2.75, 3.05) is 0 Å². The summed E-state index contributed by atoms with van der Waals surface area (Å²) in [6.07, 6.45) is 0. The summed E-state index contributed by atoms with van der Waals surface area (Å²) in [5.41, 5.74) is 27.9. The van der Waals surface area contributed by atoms with E-state index in [2.05, 4.69) is 227 Å². The Morgan fingerprint density at radius 2 is 0.471 bits per heavy atom. The van der Waals surface area contributed by atoms with Crippen molar-refractivity contribution >= 4 is 76.2 Å². The molecule has 68 heavy (non-hydrogen) atoms. The molecule has 4 aromatic heterocycles. The van der Waals surface area contributed by atoms with Crippen molar-refractivity contribution in [1.82, 2.24) is 8.80 Å². The lowest BCUT2D eigenvalue weighted by atomic mass is 9.79. The van der Waals surface area contributed by atoms with E-state index in [1.54, 1.807) is 0 Å². The SMILES string of the molecule is c1ccc2c(c1)-c1ccccc1-c1cc3c4cc5c6cc7c(c8c9ccccc9n(c5cc4n4c5ccccc5c(c1-c1ccccc1-2)c34)c68)-c1ccccc1-c1ccccc1-c1ccccc1-7. The Balaban J connectivity index is 1.08. The van der Waals surface area contributed by atoms with E-state index in [9.17, 15) is 0 Å². The Labute approximate surface area is 390 Å². The molecule has 2 heteroatoms. The summed E-state index contributed by atoms with van der Waals surface area (Å²) in [7, 11) is 0. The van der Waals surface area contributed by atoms with Crippen molar-refractivity contribution < 1.29 is 0 Å². The van der Waals surface area contributed by atoms with E-state index in [0.29, 0.717) is 0 Å². The number of hydrogen-bond donors (Lipinski definition) is 0. The number of fused-ring (bicyclic) bond motifs is 30. The normalized spacial score (nSPS) is 12.7. The predicted octanol–water partition coefficient (Wildman–Crippen LogP) is 17.9. The highest BCUT2D eigenvalue weighted by Gasteiger charge is 2.32. The van der Waals surface area contributed by atoms with E-state index in [0.717, 1.165) is 0 Å². The third-order valence-corrected chi connectivity index (χ3v) is 15.9. The summed E-state index contributed by atoms with van der Waals surface area (Å²) in [5, 5.41) is 10.3. The maximum Gasteiger partial charge on any atom is 0.0627 e. The molecule has 2 nitrogen and oxygen atoms in total. The smallest absolute Gasteiger partial charge is 0.0627 e. The van der Waals surface area contributed by atoms with Gasteiger partial charge in [-0.15, -0.1) is 0 Å². The minimum absolute atomic E-state index is 1.23. The molecule has 4 heterocycles. The Morgan fingerprint density at radius 3 is 0.824 bits per heavy atom. The van der Waals surface area contributed by atoms with Crippen molar-refractivity contribution in [2.45, 2.75) is 0 Å². The first kappa shape index (κ1) is 35.3. The first-order valence-corrected chi connectivity index (χ1v) is 23.8. The number of nitrogens with zero attached hydrogens (tertiary/aromatic N) is 2. The molecule has 0 N–H and O–H groups in total. The summed E-state index contributed by atoms with van der Waals surface area (Å²) in [4.78, 5) is 0. The molecule has 15 aromatic rings. The maximum absolute atomic E-state index is 2.59. The first-order valence-electron chi connectivity index (χ1n) is 23.8. The van der Waals surface area contributed by atoms with Crippen molar-refractivity contribution in [3.8, 4) is 89.0 Å². The van der Waals surface area contributed by atoms with Gasteiger partial charge >= 0.3 is 0 Å². The third-order valence-electron chi connectivity index (χ3n) is 15.9. The van der Waals surface area contributed by atoms with Gasteiger partial charge in [0.25, 0.3) is 0 Å². The molecule has 0 aliphatic heterocycles. The van der Waals surface area contributed by atoms with Crippen molar-refractivity contribution in [2.24, 2.45) is 0 Å². The fourth-order valence-electron chi connectivity index (χ4n) is 13.3. The van der Waals surface area contributed by atoms with Crippen LogP contribution in [0.3, 0.4) is 0 Å². The summed E-state index contributed by atoms with van der Waals surface area (Å²) in [6, 6.07) is 82.6. The molecule has 0 saturated carbocycles. The summed E-state index contributed by atoms with van der Waals surface area (Å²) in [5.74, 6) is 0. The standard InChI is InChI=1S/C66H36N2/c1-3-19-39-37(17-1)41-21-5-7-25-45(41)53-34-55-51-33-52-56-35-54-46-26-8-6-22-42(46)38-18-2-4-20-40(38)44-24-10-12-28-48(44)62(54)64-50-30-14-16-32-58(50)68(66(56)64)60(52)36-59(51)67-57-31-15-13-29-49(57)63(65(55)67)61(53)47-27-11-9-23-43(39)47/h1-36H. The van der Waals surface area contributed by atoms with Crippen LogP contribution < -0.4 is 0 Å². The first-order chi connectivity index (χ1) is 33.8. The lowest BCUT2D eigenvalue weighted by Gasteiger charge is -2.24. The van der Waals surface area contributed by atoms with Gasteiger partial charge in [-0.1, -0.05) is 182 Å². The van der Waals surface area contributed by atoms with Crippen LogP contribution in [0.1, 0.15) is 0 Å². The number of para-hydroxylation sites is 2. The molecule has 2 aliphatic rings. The molecule has 310 valence electrons. The second-order valence-corrected chi connectivity index (χ2v) is 19.0. The van der Waals surface area contributed by atoms with Gasteiger partial charge in [0, 0.05) is 54.2 Å². The van der Waals surface area contributed by atoms with Gasteiger partial charge in [0.05, 0.1) is 33.1 Å². The number of hydrogen-bond acceptors (Lipinski definition) is 0. The number of benzene rings is 11. The molecule has 0 saturated heterocycles. The van der Waals surface area contributed by atoms with Crippen LogP contribution >= 0.6 is 0 Å². The molecular formula is C66H36N2. The Morgan fingerprint density at radius 1 is 0.191 bits per heavy atom. The zero-order valence-corrected chi connectivity index (χ0v) is 36.7. The second kappa shape index (κ2) is 12.5. The minimum Gasteiger partial charge on any atom is -0.308 e. The molecule has 0 fully saturated rings. The monoisotopic (exact) mass is 856 g/mol. The molecule has 17 rings (SSSR count). The van der Waals surface area contributed by atoms with Crippen molar-refractivity contribution in [1.29, 1.82) is 0 Å². The summed E-state index contributed by atoms with van der Waals surface area (Å²) in [6.45, 7) is 0. The molecule has 0 spiro atoms. The van der Waals surface area contributed by atoms with E-state index < -0.39 is 0 Å². The van der Waals surface area contributed by atoms with E-state index in [1.807, 2.05) is 0 Å². The molecule has 0 bridgehead atoms. The summed E-state index contributed by atoms with van der Waals surface area (Å²) >= 11 is 0. The average molecular weight is 857 g/mol. The van der Waals surface area contributed by atoms with Gasteiger partial charge in [0.1, 0.15) is 0 Å². The van der Waals surface area contributed by atoms with Crippen LogP contribution in [0.2, 0.25) is 0 Å². The topological polar surface area (TPSA) is 8.82 Å². The maximum atomic E-state index is 2.59. The van der Waals surface area contributed by atoms with Gasteiger partial charge in [-0.2, -0.15) is 0 Å². The molecule has 0 radical (unpaired) electrons.